The van der Waals surface area contributed by atoms with Crippen LogP contribution in [-0.2, 0) is 14.3 Å². The van der Waals surface area contributed by atoms with Gasteiger partial charge in [-0.2, -0.15) is 0 Å². The normalized spacial score (nSPS) is 16.0. The molecule has 1 atom stereocenters. The molecule has 1 aromatic carbocycles. The van der Waals surface area contributed by atoms with Crippen LogP contribution in [0, 0.1) is 11.8 Å². The molecule has 1 aliphatic heterocycles. The van der Waals surface area contributed by atoms with Crippen LogP contribution in [-0.4, -0.2) is 48.4 Å². The van der Waals surface area contributed by atoms with Crippen LogP contribution >= 0.6 is 11.6 Å². The van der Waals surface area contributed by atoms with Crippen LogP contribution in [0.15, 0.2) is 24.3 Å². The Morgan fingerprint density at radius 1 is 1.18 bits per heavy atom. The zero-order valence-corrected chi connectivity index (χ0v) is 17.5. The molecule has 1 aromatic rings. The topological polar surface area (TPSA) is 75.7 Å². The van der Waals surface area contributed by atoms with Gasteiger partial charge in [0, 0.05) is 23.7 Å². The average molecular weight is 409 g/mol. The van der Waals surface area contributed by atoms with E-state index in [1.807, 2.05) is 13.8 Å². The summed E-state index contributed by atoms with van der Waals surface area (Å²) in [7, 11) is 0. The summed E-state index contributed by atoms with van der Waals surface area (Å²) < 4.78 is 5.08. The number of likely N-dealkylation sites (tertiary alicyclic amines) is 1. The van der Waals surface area contributed by atoms with Gasteiger partial charge in [-0.25, -0.2) is 0 Å². The van der Waals surface area contributed by atoms with Crippen LogP contribution in [0.3, 0.4) is 0 Å². The third-order valence-corrected chi connectivity index (χ3v) is 5.10. The molecular formula is C21H29ClN2O4. The van der Waals surface area contributed by atoms with Crippen LogP contribution in [0.4, 0.5) is 0 Å². The Morgan fingerprint density at radius 2 is 1.79 bits per heavy atom. The van der Waals surface area contributed by atoms with Crippen molar-refractivity contribution in [1.29, 1.82) is 0 Å². The van der Waals surface area contributed by atoms with Gasteiger partial charge >= 0.3 is 5.97 Å². The molecule has 28 heavy (non-hydrogen) atoms. The Balaban J connectivity index is 2.00. The van der Waals surface area contributed by atoms with Gasteiger partial charge in [-0.15, -0.1) is 0 Å². The molecule has 1 aliphatic rings. The third kappa shape index (κ3) is 6.23. The molecule has 0 bridgehead atoms. The lowest BCUT2D eigenvalue weighted by Gasteiger charge is -2.34. The van der Waals surface area contributed by atoms with Gasteiger partial charge in [0.2, 0.25) is 5.91 Å². The number of hydrogen-bond acceptors (Lipinski definition) is 4. The van der Waals surface area contributed by atoms with E-state index in [0.717, 1.165) is 0 Å². The Morgan fingerprint density at radius 3 is 2.32 bits per heavy atom. The molecule has 2 amide bonds. The molecule has 1 unspecified atom stereocenters. The maximum Gasteiger partial charge on any atom is 0.309 e. The van der Waals surface area contributed by atoms with E-state index in [2.05, 4.69) is 5.32 Å². The minimum atomic E-state index is -0.595. The first-order chi connectivity index (χ1) is 13.3. The third-order valence-electron chi connectivity index (χ3n) is 4.84. The van der Waals surface area contributed by atoms with Crippen molar-refractivity contribution in [1.82, 2.24) is 10.2 Å². The Hall–Kier alpha value is -2.08. The van der Waals surface area contributed by atoms with E-state index >= 15 is 0 Å². The Labute approximate surface area is 171 Å². The molecule has 7 heteroatoms. The van der Waals surface area contributed by atoms with Crippen molar-refractivity contribution in [3.05, 3.63) is 34.9 Å². The number of nitrogens with one attached hydrogen (secondary N) is 1. The fraction of sp³-hybridized carbons (Fsp3) is 0.571. The fourth-order valence-electron chi connectivity index (χ4n) is 3.35. The minimum absolute atomic E-state index is 0.0988. The van der Waals surface area contributed by atoms with E-state index in [1.165, 1.54) is 0 Å². The number of piperidine rings is 1. The van der Waals surface area contributed by atoms with Crippen LogP contribution < -0.4 is 5.32 Å². The SMILES string of the molecule is CCOC(=O)C1CCN(C(=O)C(CC(C)C)NC(=O)c2ccc(Cl)cc2)CC1. The van der Waals surface area contributed by atoms with Crippen LogP contribution in [0.2, 0.25) is 5.02 Å². The maximum atomic E-state index is 13.0. The minimum Gasteiger partial charge on any atom is -0.466 e. The molecule has 0 aromatic heterocycles. The van der Waals surface area contributed by atoms with Crippen molar-refractivity contribution in [2.75, 3.05) is 19.7 Å². The molecule has 0 spiro atoms. The Kier molecular flexibility index (Phi) is 8.30. The molecule has 1 fully saturated rings. The smallest absolute Gasteiger partial charge is 0.309 e. The van der Waals surface area contributed by atoms with E-state index in [4.69, 9.17) is 16.3 Å². The van der Waals surface area contributed by atoms with Crippen LogP contribution in [0.1, 0.15) is 50.4 Å². The molecule has 1 heterocycles. The first kappa shape index (κ1) is 22.2. The van der Waals surface area contributed by atoms with Crippen molar-refractivity contribution < 1.29 is 19.1 Å². The summed E-state index contributed by atoms with van der Waals surface area (Å²) >= 11 is 5.87. The molecule has 1 saturated heterocycles. The second-order valence-corrected chi connectivity index (χ2v) is 7.95. The van der Waals surface area contributed by atoms with Gasteiger partial charge in [-0.1, -0.05) is 25.4 Å². The molecule has 0 saturated carbocycles. The lowest BCUT2D eigenvalue weighted by atomic mass is 9.95. The highest BCUT2D eigenvalue weighted by Gasteiger charge is 2.32. The molecule has 1 N–H and O–H groups in total. The van der Waals surface area contributed by atoms with Gasteiger partial charge in [0.05, 0.1) is 12.5 Å². The van der Waals surface area contributed by atoms with Gasteiger partial charge in [0.1, 0.15) is 6.04 Å². The first-order valence-electron chi connectivity index (χ1n) is 9.83. The number of carbonyl (C=O) groups excluding carboxylic acids is 3. The number of nitrogens with zero attached hydrogens (tertiary/aromatic N) is 1. The van der Waals surface area contributed by atoms with Crippen molar-refractivity contribution in [3.63, 3.8) is 0 Å². The number of carbonyl (C=O) groups is 3. The van der Waals surface area contributed by atoms with E-state index in [0.29, 0.717) is 49.5 Å². The van der Waals surface area contributed by atoms with Crippen LogP contribution in [0.25, 0.3) is 0 Å². The monoisotopic (exact) mass is 408 g/mol. The van der Waals surface area contributed by atoms with Crippen molar-refractivity contribution in [2.24, 2.45) is 11.8 Å². The summed E-state index contributed by atoms with van der Waals surface area (Å²) in [5.41, 5.74) is 0.465. The zero-order chi connectivity index (χ0) is 20.7. The summed E-state index contributed by atoms with van der Waals surface area (Å²) in [6.07, 6.45) is 1.73. The summed E-state index contributed by atoms with van der Waals surface area (Å²) in [5, 5.41) is 3.42. The lowest BCUT2D eigenvalue weighted by molar-refractivity contribution is -0.151. The van der Waals surface area contributed by atoms with E-state index < -0.39 is 6.04 Å². The van der Waals surface area contributed by atoms with Crippen LogP contribution in [0.5, 0.6) is 0 Å². The number of benzene rings is 1. The summed E-state index contributed by atoms with van der Waals surface area (Å²) in [6.45, 7) is 7.17. The molecule has 2 rings (SSSR count). The standard InChI is InChI=1S/C21H29ClN2O4/c1-4-28-21(27)16-9-11-24(12-10-16)20(26)18(13-14(2)3)23-19(25)15-5-7-17(22)8-6-15/h5-8,14,16,18H,4,9-13H2,1-3H3,(H,23,25). The van der Waals surface area contributed by atoms with Gasteiger partial charge in [-0.3, -0.25) is 14.4 Å². The van der Waals surface area contributed by atoms with Gasteiger partial charge in [0.15, 0.2) is 0 Å². The first-order valence-corrected chi connectivity index (χ1v) is 10.2. The summed E-state index contributed by atoms with van der Waals surface area (Å²) in [5.74, 6) is -0.493. The molecule has 0 aliphatic carbocycles. The van der Waals surface area contributed by atoms with Gasteiger partial charge < -0.3 is 15.0 Å². The Bertz CT molecular complexity index is 682. The molecule has 6 nitrogen and oxygen atoms in total. The average Bonchev–Trinajstić information content (AvgIpc) is 2.67. The second-order valence-electron chi connectivity index (χ2n) is 7.51. The summed E-state index contributed by atoms with van der Waals surface area (Å²) in [4.78, 5) is 39.2. The molecular weight excluding hydrogens is 380 g/mol. The fourth-order valence-corrected chi connectivity index (χ4v) is 3.48. The number of hydrogen-bond donors (Lipinski definition) is 1. The van der Waals surface area contributed by atoms with E-state index in [-0.39, 0.29) is 29.6 Å². The quantitative estimate of drug-likeness (QED) is 0.702. The van der Waals surface area contributed by atoms with E-state index in [1.54, 1.807) is 36.1 Å². The summed E-state index contributed by atoms with van der Waals surface area (Å²) in [6, 6.07) is 5.98. The highest BCUT2D eigenvalue weighted by atomic mass is 35.5. The predicted molar refractivity (Wildman–Crippen MR) is 108 cm³/mol. The predicted octanol–water partition coefficient (Wildman–Crippen LogP) is 3.29. The number of ether oxygens (including phenoxy) is 1. The number of rotatable bonds is 7. The molecule has 154 valence electrons. The number of esters is 1. The maximum absolute atomic E-state index is 13.0. The van der Waals surface area contributed by atoms with Gasteiger partial charge in [0.25, 0.3) is 5.91 Å². The van der Waals surface area contributed by atoms with Crippen molar-refractivity contribution in [3.8, 4) is 0 Å². The van der Waals surface area contributed by atoms with Crippen molar-refractivity contribution in [2.45, 2.75) is 46.1 Å². The lowest BCUT2D eigenvalue weighted by Crippen LogP contribution is -2.51. The largest absolute Gasteiger partial charge is 0.466 e. The highest BCUT2D eigenvalue weighted by molar-refractivity contribution is 6.30. The highest BCUT2D eigenvalue weighted by Crippen LogP contribution is 2.20. The molecule has 0 radical (unpaired) electrons. The second kappa shape index (κ2) is 10.5. The zero-order valence-electron chi connectivity index (χ0n) is 16.7. The number of amides is 2. The van der Waals surface area contributed by atoms with Crippen molar-refractivity contribution >= 4 is 29.4 Å². The number of halogens is 1. The van der Waals surface area contributed by atoms with E-state index in [9.17, 15) is 14.4 Å². The van der Waals surface area contributed by atoms with Gasteiger partial charge in [-0.05, 0) is 56.4 Å².